The molecule has 0 aliphatic heterocycles. The number of nitrogens with two attached hydrogens (primary N) is 1. The summed E-state index contributed by atoms with van der Waals surface area (Å²) in [5.41, 5.74) is 8.63. The Labute approximate surface area is 101 Å². The van der Waals surface area contributed by atoms with Crippen LogP contribution in [0.2, 0.25) is 0 Å². The molecule has 0 unspecified atom stereocenters. The molecule has 3 nitrogen and oxygen atoms in total. The van der Waals surface area contributed by atoms with Gasteiger partial charge in [-0.2, -0.15) is 0 Å². The number of nitrogens with zero attached hydrogens (tertiary/aromatic N) is 1. The number of hydrogen-bond donors (Lipinski definition) is 1. The second kappa shape index (κ2) is 4.87. The van der Waals surface area contributed by atoms with Gasteiger partial charge >= 0.3 is 0 Å². The van der Waals surface area contributed by atoms with Gasteiger partial charge in [-0.25, -0.2) is 0 Å². The van der Waals surface area contributed by atoms with Crippen molar-refractivity contribution in [3.8, 4) is 0 Å². The van der Waals surface area contributed by atoms with Crippen LogP contribution < -0.4 is 11.3 Å². The molecule has 0 amide bonds. The van der Waals surface area contributed by atoms with E-state index in [2.05, 4.69) is 0 Å². The molecule has 1 heterocycles. The first kappa shape index (κ1) is 11.5. The van der Waals surface area contributed by atoms with E-state index < -0.39 is 0 Å². The van der Waals surface area contributed by atoms with Crippen molar-refractivity contribution >= 4 is 5.69 Å². The van der Waals surface area contributed by atoms with E-state index in [9.17, 15) is 4.79 Å². The molecule has 0 atom stereocenters. The number of pyridine rings is 1. The van der Waals surface area contributed by atoms with Crippen molar-refractivity contribution in [1.82, 2.24) is 4.57 Å². The average Bonchev–Trinajstić information content (AvgIpc) is 2.31. The summed E-state index contributed by atoms with van der Waals surface area (Å²) < 4.78 is 1.79. The second-order valence-corrected chi connectivity index (χ2v) is 4.15. The zero-order chi connectivity index (χ0) is 12.3. The van der Waals surface area contributed by atoms with Crippen molar-refractivity contribution in [1.29, 1.82) is 0 Å². The highest BCUT2D eigenvalue weighted by molar-refractivity contribution is 5.39. The topological polar surface area (TPSA) is 48.0 Å². The summed E-state index contributed by atoms with van der Waals surface area (Å²) in [7, 11) is 0. The van der Waals surface area contributed by atoms with Gasteiger partial charge in [0.2, 0.25) is 0 Å². The van der Waals surface area contributed by atoms with Crippen LogP contribution in [0, 0.1) is 6.92 Å². The number of nitrogen functional groups attached to an aromatic ring is 1. The Morgan fingerprint density at radius 1 is 1.12 bits per heavy atom. The molecule has 3 heteroatoms. The van der Waals surface area contributed by atoms with Gasteiger partial charge in [0.1, 0.15) is 0 Å². The fraction of sp³-hybridized carbons (Fsp3) is 0.214. The van der Waals surface area contributed by atoms with Crippen LogP contribution in [-0.4, -0.2) is 4.57 Å². The number of hydrogen-bond acceptors (Lipinski definition) is 2. The summed E-state index contributed by atoms with van der Waals surface area (Å²) in [5.74, 6) is 0. The lowest BCUT2D eigenvalue weighted by Crippen LogP contribution is -2.21. The van der Waals surface area contributed by atoms with Crippen LogP contribution in [0.5, 0.6) is 0 Å². The maximum Gasteiger partial charge on any atom is 0.250 e. The Kier molecular flexibility index (Phi) is 3.28. The molecule has 0 fully saturated rings. The van der Waals surface area contributed by atoms with Crippen molar-refractivity contribution in [2.75, 3.05) is 5.73 Å². The van der Waals surface area contributed by atoms with Gasteiger partial charge in [-0.1, -0.05) is 18.2 Å². The van der Waals surface area contributed by atoms with Crippen LogP contribution in [0.4, 0.5) is 5.69 Å². The number of anilines is 1. The van der Waals surface area contributed by atoms with E-state index in [1.165, 1.54) is 5.56 Å². The molecule has 2 aromatic rings. The minimum Gasteiger partial charge on any atom is -0.399 e. The Balaban J connectivity index is 2.12. The van der Waals surface area contributed by atoms with Crippen molar-refractivity contribution in [2.24, 2.45) is 0 Å². The number of rotatable bonds is 3. The molecule has 1 aromatic carbocycles. The van der Waals surface area contributed by atoms with Crippen LogP contribution in [0.15, 0.2) is 47.3 Å². The molecule has 0 aliphatic rings. The van der Waals surface area contributed by atoms with Gasteiger partial charge in [-0.3, -0.25) is 4.79 Å². The third-order valence-electron chi connectivity index (χ3n) is 2.87. The minimum atomic E-state index is 0.0560. The van der Waals surface area contributed by atoms with E-state index in [-0.39, 0.29) is 5.56 Å². The van der Waals surface area contributed by atoms with E-state index in [4.69, 9.17) is 5.73 Å². The quantitative estimate of drug-likeness (QED) is 0.817. The summed E-state index contributed by atoms with van der Waals surface area (Å²) in [6, 6.07) is 13.1. The van der Waals surface area contributed by atoms with E-state index in [1.54, 1.807) is 16.7 Å². The lowest BCUT2D eigenvalue weighted by atomic mass is 10.1. The SMILES string of the molecule is Cc1cccc(=O)n1CCc1ccc(N)cc1. The second-order valence-electron chi connectivity index (χ2n) is 4.15. The van der Waals surface area contributed by atoms with Crippen molar-refractivity contribution in [3.63, 3.8) is 0 Å². The molecule has 0 radical (unpaired) electrons. The normalized spacial score (nSPS) is 10.4. The Bertz CT molecular complexity index is 555. The molecular weight excluding hydrogens is 212 g/mol. The summed E-state index contributed by atoms with van der Waals surface area (Å²) in [5, 5.41) is 0. The van der Waals surface area contributed by atoms with Crippen LogP contribution in [0.1, 0.15) is 11.3 Å². The fourth-order valence-electron chi connectivity index (χ4n) is 1.84. The first-order valence-corrected chi connectivity index (χ1v) is 5.68. The van der Waals surface area contributed by atoms with Crippen molar-refractivity contribution < 1.29 is 0 Å². The van der Waals surface area contributed by atoms with Crippen molar-refractivity contribution in [3.05, 3.63) is 64.1 Å². The Morgan fingerprint density at radius 2 is 1.82 bits per heavy atom. The van der Waals surface area contributed by atoms with E-state index in [0.717, 1.165) is 17.8 Å². The third kappa shape index (κ3) is 2.75. The highest BCUT2D eigenvalue weighted by atomic mass is 16.1. The smallest absolute Gasteiger partial charge is 0.250 e. The minimum absolute atomic E-state index is 0.0560. The zero-order valence-electron chi connectivity index (χ0n) is 9.89. The van der Waals surface area contributed by atoms with Crippen LogP contribution in [0.3, 0.4) is 0 Å². The van der Waals surface area contributed by atoms with Gasteiger partial charge in [-0.05, 0) is 37.1 Å². The molecule has 88 valence electrons. The lowest BCUT2D eigenvalue weighted by Gasteiger charge is -2.09. The van der Waals surface area contributed by atoms with Gasteiger partial charge < -0.3 is 10.3 Å². The molecule has 0 aliphatic carbocycles. The molecule has 0 saturated heterocycles. The standard InChI is InChI=1S/C14H16N2O/c1-11-3-2-4-14(17)16(11)10-9-12-5-7-13(15)8-6-12/h2-8H,9-10,15H2,1H3. The van der Waals surface area contributed by atoms with Gasteiger partial charge in [0, 0.05) is 24.0 Å². The Hall–Kier alpha value is -2.03. The van der Waals surface area contributed by atoms with E-state index >= 15 is 0 Å². The number of benzene rings is 1. The molecule has 1 aromatic heterocycles. The highest BCUT2D eigenvalue weighted by Gasteiger charge is 1.99. The van der Waals surface area contributed by atoms with Gasteiger partial charge in [0.25, 0.3) is 5.56 Å². The molecular formula is C14H16N2O. The summed E-state index contributed by atoms with van der Waals surface area (Å²) in [6.07, 6.45) is 0.838. The highest BCUT2D eigenvalue weighted by Crippen LogP contribution is 2.07. The monoisotopic (exact) mass is 228 g/mol. The molecule has 0 saturated carbocycles. The Morgan fingerprint density at radius 3 is 2.47 bits per heavy atom. The largest absolute Gasteiger partial charge is 0.399 e. The van der Waals surface area contributed by atoms with Gasteiger partial charge in [0.15, 0.2) is 0 Å². The maximum absolute atomic E-state index is 11.7. The third-order valence-corrected chi connectivity index (χ3v) is 2.87. The molecule has 2 N–H and O–H groups in total. The number of aromatic nitrogens is 1. The van der Waals surface area contributed by atoms with E-state index in [0.29, 0.717) is 6.54 Å². The van der Waals surface area contributed by atoms with Crippen molar-refractivity contribution in [2.45, 2.75) is 19.9 Å². The van der Waals surface area contributed by atoms with Crippen LogP contribution in [-0.2, 0) is 13.0 Å². The predicted molar refractivity (Wildman–Crippen MR) is 70.0 cm³/mol. The average molecular weight is 228 g/mol. The van der Waals surface area contributed by atoms with Crippen LogP contribution in [0.25, 0.3) is 0 Å². The van der Waals surface area contributed by atoms with Gasteiger partial charge in [-0.15, -0.1) is 0 Å². The molecule has 0 spiro atoms. The lowest BCUT2D eigenvalue weighted by molar-refractivity contribution is 0.649. The van der Waals surface area contributed by atoms with E-state index in [1.807, 2.05) is 37.3 Å². The molecule has 0 bridgehead atoms. The maximum atomic E-state index is 11.7. The zero-order valence-corrected chi connectivity index (χ0v) is 9.89. The molecule has 17 heavy (non-hydrogen) atoms. The molecule has 2 rings (SSSR count). The van der Waals surface area contributed by atoms with Gasteiger partial charge in [0.05, 0.1) is 0 Å². The first-order chi connectivity index (χ1) is 8.16. The number of aryl methyl sites for hydroxylation is 2. The fourth-order valence-corrected chi connectivity index (χ4v) is 1.84. The summed E-state index contributed by atoms with van der Waals surface area (Å²) >= 11 is 0. The first-order valence-electron chi connectivity index (χ1n) is 5.68. The summed E-state index contributed by atoms with van der Waals surface area (Å²) in [4.78, 5) is 11.7. The van der Waals surface area contributed by atoms with Crippen LogP contribution >= 0.6 is 0 Å². The summed E-state index contributed by atoms with van der Waals surface area (Å²) in [6.45, 7) is 2.65. The predicted octanol–water partition coefficient (Wildman–Crippen LogP) is 1.98.